The minimum atomic E-state index is -0.613. The third-order valence-corrected chi connectivity index (χ3v) is 3.41. The largest absolute Gasteiger partial charge is 0.452 e. The number of para-hydroxylation sites is 2. The van der Waals surface area contributed by atoms with Gasteiger partial charge in [0.25, 0.3) is 5.91 Å². The van der Waals surface area contributed by atoms with E-state index < -0.39 is 5.97 Å². The van der Waals surface area contributed by atoms with E-state index in [4.69, 9.17) is 9.15 Å². The number of nitrogens with zero attached hydrogens (tertiary/aromatic N) is 2. The number of esters is 1. The third kappa shape index (κ3) is 4.44. The molecule has 1 amide bonds. The summed E-state index contributed by atoms with van der Waals surface area (Å²) in [6.07, 6.45) is 2.63. The van der Waals surface area contributed by atoms with Crippen molar-refractivity contribution in [2.45, 2.75) is 39.8 Å². The average Bonchev–Trinajstić information content (AvgIpc) is 2.93. The molecule has 0 saturated heterocycles. The zero-order valence-electron chi connectivity index (χ0n) is 14.4. The maximum absolute atomic E-state index is 12.1. The zero-order valence-corrected chi connectivity index (χ0v) is 14.4. The molecule has 0 N–H and O–H groups in total. The van der Waals surface area contributed by atoms with E-state index in [0.29, 0.717) is 17.0 Å². The first-order chi connectivity index (χ1) is 11.4. The lowest BCUT2D eigenvalue weighted by Gasteiger charge is -2.30. The minimum absolute atomic E-state index is 0.0477. The van der Waals surface area contributed by atoms with E-state index in [0.717, 1.165) is 0 Å². The Hall–Kier alpha value is -2.63. The monoisotopic (exact) mass is 330 g/mol. The summed E-state index contributed by atoms with van der Waals surface area (Å²) in [6, 6.07) is 7.41. The molecule has 0 saturated carbocycles. The smallest absolute Gasteiger partial charge is 0.331 e. The number of hydrogen-bond donors (Lipinski definition) is 0. The summed E-state index contributed by atoms with van der Waals surface area (Å²) in [5.41, 5.74) is 1.36. The van der Waals surface area contributed by atoms with Crippen LogP contribution in [-0.2, 0) is 14.3 Å². The molecule has 2 aromatic rings. The molecule has 1 aromatic heterocycles. The first-order valence-electron chi connectivity index (χ1n) is 7.90. The fourth-order valence-electron chi connectivity index (χ4n) is 2.53. The van der Waals surface area contributed by atoms with Crippen molar-refractivity contribution >= 4 is 29.1 Å². The number of ether oxygens (including phenoxy) is 1. The van der Waals surface area contributed by atoms with Crippen LogP contribution < -0.4 is 0 Å². The number of hydrogen-bond acceptors (Lipinski definition) is 5. The van der Waals surface area contributed by atoms with Crippen molar-refractivity contribution in [3.63, 3.8) is 0 Å². The van der Waals surface area contributed by atoms with Crippen molar-refractivity contribution < 1.29 is 18.7 Å². The van der Waals surface area contributed by atoms with Crippen molar-refractivity contribution in [3.8, 4) is 0 Å². The maximum Gasteiger partial charge on any atom is 0.331 e. The molecule has 128 valence electrons. The van der Waals surface area contributed by atoms with E-state index in [9.17, 15) is 9.59 Å². The number of benzene rings is 1. The summed E-state index contributed by atoms with van der Waals surface area (Å²) in [5.74, 6) is -0.521. The molecule has 1 aromatic carbocycles. The number of carbonyl (C=O) groups excluding carboxylic acids is 2. The molecule has 1 heterocycles. The lowest BCUT2D eigenvalue weighted by Crippen LogP contribution is -2.44. The Morgan fingerprint density at radius 1 is 1.21 bits per heavy atom. The van der Waals surface area contributed by atoms with Crippen LogP contribution in [0.25, 0.3) is 17.2 Å². The Labute approximate surface area is 141 Å². The number of aromatic nitrogens is 1. The van der Waals surface area contributed by atoms with E-state index in [2.05, 4.69) is 4.98 Å². The second kappa shape index (κ2) is 7.77. The molecule has 24 heavy (non-hydrogen) atoms. The van der Waals surface area contributed by atoms with Crippen molar-refractivity contribution in [1.29, 1.82) is 0 Å². The normalized spacial score (nSPS) is 11.6. The van der Waals surface area contributed by atoms with Gasteiger partial charge in [0, 0.05) is 24.2 Å². The van der Waals surface area contributed by atoms with Gasteiger partial charge in [0.2, 0.25) is 5.89 Å². The van der Waals surface area contributed by atoms with Crippen LogP contribution in [0.1, 0.15) is 33.6 Å². The summed E-state index contributed by atoms with van der Waals surface area (Å²) in [4.78, 5) is 29.8. The van der Waals surface area contributed by atoms with Crippen molar-refractivity contribution in [2.24, 2.45) is 0 Å². The molecule has 0 bridgehead atoms. The Bertz CT molecular complexity index is 705. The number of amides is 1. The van der Waals surface area contributed by atoms with Crippen LogP contribution >= 0.6 is 0 Å². The highest BCUT2D eigenvalue weighted by molar-refractivity contribution is 5.89. The molecule has 0 unspecified atom stereocenters. The van der Waals surface area contributed by atoms with Crippen LogP contribution in [0, 0.1) is 0 Å². The summed E-state index contributed by atoms with van der Waals surface area (Å²) in [6.45, 7) is 7.41. The Balaban J connectivity index is 1.91. The van der Waals surface area contributed by atoms with Gasteiger partial charge in [-0.05, 0) is 39.8 Å². The predicted octanol–water partition coefficient (Wildman–Crippen LogP) is 3.03. The van der Waals surface area contributed by atoms with Crippen LogP contribution in [0.4, 0.5) is 0 Å². The van der Waals surface area contributed by atoms with E-state index in [1.807, 2.05) is 45.9 Å². The average molecular weight is 330 g/mol. The highest BCUT2D eigenvalue weighted by atomic mass is 16.5. The topological polar surface area (TPSA) is 72.6 Å². The lowest BCUT2D eigenvalue weighted by atomic mass is 10.2. The highest BCUT2D eigenvalue weighted by Gasteiger charge is 2.20. The van der Waals surface area contributed by atoms with Crippen molar-refractivity contribution in [3.05, 3.63) is 36.2 Å². The van der Waals surface area contributed by atoms with Crippen LogP contribution in [0.15, 0.2) is 34.8 Å². The standard InChI is InChI=1S/C18H22N2O4/c1-12(2)20(13(3)4)17(21)11-23-18(22)10-9-16-19-14-7-5-6-8-15(14)24-16/h5-10,12-13H,11H2,1-4H3/b10-9+. The van der Waals surface area contributed by atoms with Gasteiger partial charge in [-0.2, -0.15) is 0 Å². The van der Waals surface area contributed by atoms with Gasteiger partial charge < -0.3 is 14.1 Å². The molecule has 0 aliphatic carbocycles. The zero-order chi connectivity index (χ0) is 17.7. The first kappa shape index (κ1) is 17.7. The van der Waals surface area contributed by atoms with E-state index in [1.54, 1.807) is 11.0 Å². The molecule has 0 spiro atoms. The van der Waals surface area contributed by atoms with Gasteiger partial charge in [0.15, 0.2) is 12.2 Å². The van der Waals surface area contributed by atoms with E-state index >= 15 is 0 Å². The molecule has 0 fully saturated rings. The summed E-state index contributed by atoms with van der Waals surface area (Å²) >= 11 is 0. The van der Waals surface area contributed by atoms with Crippen LogP contribution in [0.5, 0.6) is 0 Å². The van der Waals surface area contributed by atoms with Gasteiger partial charge in [-0.15, -0.1) is 0 Å². The quantitative estimate of drug-likeness (QED) is 0.601. The fourth-order valence-corrected chi connectivity index (χ4v) is 2.53. The Kier molecular flexibility index (Phi) is 5.73. The minimum Gasteiger partial charge on any atom is -0.452 e. The van der Waals surface area contributed by atoms with Gasteiger partial charge in [0.05, 0.1) is 0 Å². The van der Waals surface area contributed by atoms with Crippen LogP contribution in [-0.4, -0.2) is 40.5 Å². The van der Waals surface area contributed by atoms with Crippen LogP contribution in [0.3, 0.4) is 0 Å². The molecular formula is C18H22N2O4. The Morgan fingerprint density at radius 3 is 2.50 bits per heavy atom. The van der Waals surface area contributed by atoms with Crippen molar-refractivity contribution in [2.75, 3.05) is 6.61 Å². The van der Waals surface area contributed by atoms with Gasteiger partial charge in [-0.3, -0.25) is 4.79 Å². The molecule has 0 aliphatic heterocycles. The Morgan fingerprint density at radius 2 is 1.88 bits per heavy atom. The molecular weight excluding hydrogens is 308 g/mol. The highest BCUT2D eigenvalue weighted by Crippen LogP contribution is 2.15. The summed E-state index contributed by atoms with van der Waals surface area (Å²) in [7, 11) is 0. The number of rotatable bonds is 6. The fraction of sp³-hybridized carbons (Fsp3) is 0.389. The van der Waals surface area contributed by atoms with Gasteiger partial charge in [0.1, 0.15) is 5.52 Å². The molecule has 0 atom stereocenters. The van der Waals surface area contributed by atoms with E-state index in [1.165, 1.54) is 12.2 Å². The van der Waals surface area contributed by atoms with Crippen molar-refractivity contribution in [1.82, 2.24) is 9.88 Å². The maximum atomic E-state index is 12.1. The van der Waals surface area contributed by atoms with Gasteiger partial charge in [-0.1, -0.05) is 12.1 Å². The van der Waals surface area contributed by atoms with Gasteiger partial charge >= 0.3 is 5.97 Å². The number of carbonyl (C=O) groups is 2. The second-order valence-corrected chi connectivity index (χ2v) is 5.95. The summed E-state index contributed by atoms with van der Waals surface area (Å²) < 4.78 is 10.5. The SMILES string of the molecule is CC(C)N(C(=O)COC(=O)/C=C/c1nc2ccccc2o1)C(C)C. The molecule has 6 heteroatoms. The van der Waals surface area contributed by atoms with Gasteiger partial charge in [-0.25, -0.2) is 9.78 Å². The number of fused-ring (bicyclic) bond motifs is 1. The number of oxazole rings is 1. The molecule has 2 rings (SSSR count). The first-order valence-corrected chi connectivity index (χ1v) is 7.90. The third-order valence-electron chi connectivity index (χ3n) is 3.41. The second-order valence-electron chi connectivity index (χ2n) is 5.95. The molecule has 0 aliphatic rings. The predicted molar refractivity (Wildman–Crippen MR) is 91.1 cm³/mol. The molecule has 0 radical (unpaired) electrons. The lowest BCUT2D eigenvalue weighted by molar-refractivity contribution is -0.150. The van der Waals surface area contributed by atoms with E-state index in [-0.39, 0.29) is 24.6 Å². The molecule has 6 nitrogen and oxygen atoms in total. The van der Waals surface area contributed by atoms with Crippen LogP contribution in [0.2, 0.25) is 0 Å². The summed E-state index contributed by atoms with van der Waals surface area (Å²) in [5, 5.41) is 0.